The zero-order valence-electron chi connectivity index (χ0n) is 12.9. The van der Waals surface area contributed by atoms with Gasteiger partial charge < -0.3 is 15.2 Å². The first-order valence-corrected chi connectivity index (χ1v) is 7.39. The highest BCUT2D eigenvalue weighted by molar-refractivity contribution is 5.73. The molecule has 114 valence electrons. The molecule has 3 rings (SSSR count). The summed E-state index contributed by atoms with van der Waals surface area (Å²) in [6, 6.07) is 14.7. The van der Waals surface area contributed by atoms with E-state index in [1.807, 2.05) is 12.1 Å². The highest BCUT2D eigenvalue weighted by Crippen LogP contribution is 2.27. The topological polar surface area (TPSA) is 56.8 Å². The Balaban J connectivity index is 1.66. The summed E-state index contributed by atoms with van der Waals surface area (Å²) in [5, 5.41) is 0. The van der Waals surface area contributed by atoms with Gasteiger partial charge in [-0.2, -0.15) is 0 Å². The van der Waals surface area contributed by atoms with Gasteiger partial charge in [-0.1, -0.05) is 30.3 Å². The molecule has 22 heavy (non-hydrogen) atoms. The molecule has 0 amide bonds. The lowest BCUT2D eigenvalue weighted by atomic mass is 9.97. The molecule has 2 aromatic carbocycles. The normalized spacial score (nSPS) is 17.0. The molecular formula is C18H20N2O2. The Kier molecular flexibility index (Phi) is 4.00. The van der Waals surface area contributed by atoms with Crippen molar-refractivity contribution in [2.75, 3.05) is 13.2 Å². The smallest absolute Gasteiger partial charge is 0.282 e. The van der Waals surface area contributed by atoms with E-state index < -0.39 is 0 Å². The molecule has 0 aliphatic carbocycles. The molecule has 0 unspecified atom stereocenters. The van der Waals surface area contributed by atoms with Crippen LogP contribution in [0.1, 0.15) is 11.1 Å². The minimum Gasteiger partial charge on any atom is -0.490 e. The van der Waals surface area contributed by atoms with Crippen molar-refractivity contribution in [3.63, 3.8) is 0 Å². The Morgan fingerprint density at radius 1 is 1.18 bits per heavy atom. The Hall–Kier alpha value is -2.49. The van der Waals surface area contributed by atoms with Crippen LogP contribution in [0.4, 0.5) is 0 Å². The number of benzene rings is 2. The number of nitrogens with two attached hydrogens (primary N) is 1. The number of aryl methyl sites for hydroxylation is 1. The van der Waals surface area contributed by atoms with Crippen LogP contribution in [0.25, 0.3) is 11.1 Å². The summed E-state index contributed by atoms with van der Waals surface area (Å²) in [5.74, 6) is 0.822. The summed E-state index contributed by atoms with van der Waals surface area (Å²) in [6.07, 6.45) is -0.0845. The second-order valence-electron chi connectivity index (χ2n) is 5.50. The van der Waals surface area contributed by atoms with Crippen LogP contribution in [0.2, 0.25) is 0 Å². The van der Waals surface area contributed by atoms with E-state index in [1.165, 1.54) is 22.3 Å². The Labute approximate surface area is 130 Å². The van der Waals surface area contributed by atoms with Gasteiger partial charge in [-0.05, 0) is 48.2 Å². The van der Waals surface area contributed by atoms with E-state index in [-0.39, 0.29) is 12.1 Å². The van der Waals surface area contributed by atoms with Crippen molar-refractivity contribution in [3.8, 4) is 16.9 Å². The maximum Gasteiger partial charge on any atom is 0.282 e. The van der Waals surface area contributed by atoms with Gasteiger partial charge in [0.15, 0.2) is 6.10 Å². The first kappa shape index (κ1) is 14.4. The first-order valence-electron chi connectivity index (χ1n) is 7.39. The monoisotopic (exact) mass is 296 g/mol. The van der Waals surface area contributed by atoms with Gasteiger partial charge in [0.1, 0.15) is 12.4 Å². The number of aliphatic imine (C=N–C) groups is 1. The maximum atomic E-state index is 5.73. The average Bonchev–Trinajstić information content (AvgIpc) is 2.94. The molecule has 0 saturated heterocycles. The summed E-state index contributed by atoms with van der Waals surface area (Å²) >= 11 is 0. The highest BCUT2D eigenvalue weighted by Gasteiger charge is 2.18. The van der Waals surface area contributed by atoms with Crippen LogP contribution >= 0.6 is 0 Å². The number of ether oxygens (including phenoxy) is 2. The molecule has 1 aliphatic rings. The van der Waals surface area contributed by atoms with Crippen LogP contribution in [0.3, 0.4) is 0 Å². The van der Waals surface area contributed by atoms with Crippen LogP contribution in [0, 0.1) is 13.8 Å². The molecule has 1 atom stereocenters. The van der Waals surface area contributed by atoms with Crippen molar-refractivity contribution in [2.24, 2.45) is 10.7 Å². The molecule has 0 spiro atoms. The second kappa shape index (κ2) is 6.10. The minimum absolute atomic E-state index is 0.0845. The molecule has 4 nitrogen and oxygen atoms in total. The van der Waals surface area contributed by atoms with Gasteiger partial charge in [-0.25, -0.2) is 4.99 Å². The fraction of sp³-hybridized carbons (Fsp3) is 0.278. The van der Waals surface area contributed by atoms with Gasteiger partial charge in [0.05, 0.1) is 6.54 Å². The van der Waals surface area contributed by atoms with Crippen molar-refractivity contribution in [3.05, 3.63) is 53.6 Å². The van der Waals surface area contributed by atoms with Crippen LogP contribution < -0.4 is 10.5 Å². The van der Waals surface area contributed by atoms with Gasteiger partial charge in [-0.15, -0.1) is 0 Å². The third kappa shape index (κ3) is 3.06. The van der Waals surface area contributed by atoms with Crippen molar-refractivity contribution in [2.45, 2.75) is 20.0 Å². The van der Waals surface area contributed by atoms with Crippen LogP contribution in [0.15, 0.2) is 47.5 Å². The summed E-state index contributed by atoms with van der Waals surface area (Å²) < 4.78 is 11.0. The molecular weight excluding hydrogens is 276 g/mol. The molecule has 1 heterocycles. The lowest BCUT2D eigenvalue weighted by molar-refractivity contribution is 0.141. The van der Waals surface area contributed by atoms with E-state index in [2.05, 4.69) is 49.2 Å². The van der Waals surface area contributed by atoms with Gasteiger partial charge in [0.2, 0.25) is 0 Å². The van der Waals surface area contributed by atoms with Crippen molar-refractivity contribution >= 4 is 6.02 Å². The van der Waals surface area contributed by atoms with Crippen molar-refractivity contribution < 1.29 is 9.47 Å². The number of amidine groups is 1. The van der Waals surface area contributed by atoms with E-state index >= 15 is 0 Å². The van der Waals surface area contributed by atoms with Gasteiger partial charge in [-0.3, -0.25) is 0 Å². The zero-order chi connectivity index (χ0) is 15.5. The van der Waals surface area contributed by atoms with E-state index in [4.69, 9.17) is 15.2 Å². The van der Waals surface area contributed by atoms with Crippen LogP contribution in [0.5, 0.6) is 5.75 Å². The number of hydrogen-bond donors (Lipinski definition) is 1. The zero-order valence-corrected chi connectivity index (χ0v) is 12.9. The lowest BCUT2D eigenvalue weighted by Gasteiger charge is -2.13. The predicted octanol–water partition coefficient (Wildman–Crippen LogP) is 3.06. The van der Waals surface area contributed by atoms with Crippen LogP contribution in [-0.2, 0) is 4.74 Å². The fourth-order valence-electron chi connectivity index (χ4n) is 2.51. The van der Waals surface area contributed by atoms with E-state index in [9.17, 15) is 0 Å². The number of nitrogens with zero attached hydrogens (tertiary/aromatic N) is 1. The summed E-state index contributed by atoms with van der Waals surface area (Å²) in [5.41, 5.74) is 10.5. The Bertz CT molecular complexity index is 693. The fourth-order valence-corrected chi connectivity index (χ4v) is 2.51. The summed E-state index contributed by atoms with van der Waals surface area (Å²) in [4.78, 5) is 3.99. The third-order valence-corrected chi connectivity index (χ3v) is 3.94. The summed E-state index contributed by atoms with van der Waals surface area (Å²) in [6.45, 7) is 5.29. The van der Waals surface area contributed by atoms with E-state index in [0.29, 0.717) is 13.2 Å². The molecule has 0 bridgehead atoms. The lowest BCUT2D eigenvalue weighted by Crippen LogP contribution is -2.24. The SMILES string of the molecule is Cc1cccc(-c2ccc(OC[C@@H]3CN=C(N)O3)cc2)c1C. The largest absolute Gasteiger partial charge is 0.490 e. The van der Waals surface area contributed by atoms with Gasteiger partial charge in [0, 0.05) is 0 Å². The Morgan fingerprint density at radius 3 is 2.64 bits per heavy atom. The van der Waals surface area contributed by atoms with Crippen molar-refractivity contribution in [1.29, 1.82) is 0 Å². The third-order valence-electron chi connectivity index (χ3n) is 3.94. The molecule has 2 aromatic rings. The predicted molar refractivity (Wildman–Crippen MR) is 88.2 cm³/mol. The molecule has 0 saturated carbocycles. The van der Waals surface area contributed by atoms with Gasteiger partial charge >= 0.3 is 0 Å². The highest BCUT2D eigenvalue weighted by atomic mass is 16.5. The quantitative estimate of drug-likeness (QED) is 0.943. The van der Waals surface area contributed by atoms with E-state index in [0.717, 1.165) is 5.75 Å². The standard InChI is InChI=1S/C18H20N2O2/c1-12-4-3-5-17(13(12)2)14-6-8-15(9-7-14)21-11-16-10-20-18(19)22-16/h3-9,16H,10-11H2,1-2H3,(H2,19,20)/t16-/m0/s1. The second-order valence-corrected chi connectivity index (χ2v) is 5.50. The van der Waals surface area contributed by atoms with E-state index in [1.54, 1.807) is 0 Å². The molecule has 2 N–H and O–H groups in total. The molecule has 1 aliphatic heterocycles. The molecule has 0 aromatic heterocycles. The Morgan fingerprint density at radius 2 is 1.95 bits per heavy atom. The maximum absolute atomic E-state index is 5.73. The van der Waals surface area contributed by atoms with Crippen molar-refractivity contribution in [1.82, 2.24) is 0 Å². The molecule has 0 radical (unpaired) electrons. The van der Waals surface area contributed by atoms with Crippen LogP contribution in [-0.4, -0.2) is 25.3 Å². The minimum atomic E-state index is -0.0845. The average molecular weight is 296 g/mol. The number of rotatable bonds is 4. The summed E-state index contributed by atoms with van der Waals surface area (Å²) in [7, 11) is 0. The molecule has 4 heteroatoms. The molecule has 0 fully saturated rings. The number of hydrogen-bond acceptors (Lipinski definition) is 4. The first-order chi connectivity index (χ1) is 10.6. The van der Waals surface area contributed by atoms with Gasteiger partial charge in [0.25, 0.3) is 6.02 Å².